The van der Waals surface area contributed by atoms with Crippen molar-refractivity contribution >= 4 is 11.7 Å². The Kier molecular flexibility index (Phi) is 3.55. The lowest BCUT2D eigenvalue weighted by Crippen LogP contribution is -2.41. The molecule has 98 valence electrons. The molecule has 1 saturated heterocycles. The van der Waals surface area contributed by atoms with Gasteiger partial charge in [0.15, 0.2) is 0 Å². The lowest BCUT2D eigenvalue weighted by atomic mass is 9.84. The van der Waals surface area contributed by atoms with E-state index in [4.69, 9.17) is 0 Å². The Balaban J connectivity index is 2.30. The van der Waals surface area contributed by atoms with E-state index in [1.807, 2.05) is 12.1 Å². The highest BCUT2D eigenvalue weighted by Gasteiger charge is 2.28. The number of pyridine rings is 1. The molecule has 4 heteroatoms. The average Bonchev–Trinajstić information content (AvgIpc) is 2.36. The lowest BCUT2D eigenvalue weighted by molar-refractivity contribution is 0.0963. The second kappa shape index (κ2) is 4.96. The number of nitrogens with zero attached hydrogens (tertiary/aromatic N) is 2. The van der Waals surface area contributed by atoms with Crippen molar-refractivity contribution in [2.24, 2.45) is 5.41 Å². The highest BCUT2D eigenvalue weighted by molar-refractivity contribution is 5.98. The number of hydrogen-bond donors (Lipinski definition) is 1. The molecular weight excluding hydrogens is 226 g/mol. The summed E-state index contributed by atoms with van der Waals surface area (Å²) in [6.07, 6.45) is 4.13. The Labute approximate surface area is 108 Å². The smallest absolute Gasteiger partial charge is 0.254 e. The Morgan fingerprint density at radius 2 is 2.28 bits per heavy atom. The van der Waals surface area contributed by atoms with Gasteiger partial charge < -0.3 is 10.2 Å². The first kappa shape index (κ1) is 12.9. The molecule has 0 saturated carbocycles. The highest BCUT2D eigenvalue weighted by Crippen LogP contribution is 2.31. The van der Waals surface area contributed by atoms with Crippen LogP contribution in [0.15, 0.2) is 18.3 Å². The van der Waals surface area contributed by atoms with Crippen molar-refractivity contribution in [2.45, 2.75) is 26.7 Å². The summed E-state index contributed by atoms with van der Waals surface area (Å²) in [6, 6.07) is 3.64. The Morgan fingerprint density at radius 3 is 2.94 bits per heavy atom. The number of aromatic nitrogens is 1. The maximum atomic E-state index is 11.9. The third kappa shape index (κ3) is 2.63. The number of nitrogens with one attached hydrogen (secondary N) is 1. The van der Waals surface area contributed by atoms with Crippen molar-refractivity contribution in [3.8, 4) is 0 Å². The summed E-state index contributed by atoms with van der Waals surface area (Å²) in [5.41, 5.74) is 0.952. The van der Waals surface area contributed by atoms with Crippen LogP contribution >= 0.6 is 0 Å². The molecule has 0 spiro atoms. The van der Waals surface area contributed by atoms with Gasteiger partial charge in [-0.15, -0.1) is 0 Å². The van der Waals surface area contributed by atoms with Gasteiger partial charge >= 0.3 is 0 Å². The first-order valence-corrected chi connectivity index (χ1v) is 6.45. The van der Waals surface area contributed by atoms with Crippen LogP contribution in [-0.4, -0.2) is 31.0 Å². The fourth-order valence-electron chi connectivity index (χ4n) is 2.56. The minimum Gasteiger partial charge on any atom is -0.355 e. The van der Waals surface area contributed by atoms with Gasteiger partial charge in [-0.3, -0.25) is 4.79 Å². The fraction of sp³-hybridized carbons (Fsp3) is 0.571. The quantitative estimate of drug-likeness (QED) is 0.870. The van der Waals surface area contributed by atoms with Crippen LogP contribution < -0.4 is 10.2 Å². The average molecular weight is 247 g/mol. The minimum absolute atomic E-state index is 0.0681. The van der Waals surface area contributed by atoms with Crippen molar-refractivity contribution < 1.29 is 4.79 Å². The number of piperidine rings is 1. The van der Waals surface area contributed by atoms with Gasteiger partial charge in [0.25, 0.3) is 5.91 Å². The van der Waals surface area contributed by atoms with E-state index in [9.17, 15) is 4.79 Å². The third-order valence-corrected chi connectivity index (χ3v) is 3.46. The summed E-state index contributed by atoms with van der Waals surface area (Å²) in [4.78, 5) is 18.5. The van der Waals surface area contributed by atoms with Gasteiger partial charge in [-0.2, -0.15) is 0 Å². The van der Waals surface area contributed by atoms with Crippen LogP contribution in [0.25, 0.3) is 0 Å². The highest BCUT2D eigenvalue weighted by atomic mass is 16.1. The maximum Gasteiger partial charge on any atom is 0.254 e. The standard InChI is InChI=1S/C14H21N3O/c1-14(2)7-5-9-17(10-14)12-11(13(18)15-3)6-4-8-16-12/h4,6,8H,5,7,9-10H2,1-3H3,(H,15,18). The predicted octanol–water partition coefficient (Wildman–Crippen LogP) is 2.07. The number of amides is 1. The van der Waals surface area contributed by atoms with Gasteiger partial charge in [0, 0.05) is 26.3 Å². The molecule has 4 nitrogen and oxygen atoms in total. The molecular formula is C14H21N3O. The first-order valence-electron chi connectivity index (χ1n) is 6.45. The zero-order valence-electron chi connectivity index (χ0n) is 11.4. The molecule has 0 radical (unpaired) electrons. The maximum absolute atomic E-state index is 11.9. The molecule has 1 aliphatic rings. The predicted molar refractivity (Wildman–Crippen MR) is 72.9 cm³/mol. The number of anilines is 1. The lowest BCUT2D eigenvalue weighted by Gasteiger charge is -2.39. The van der Waals surface area contributed by atoms with Gasteiger partial charge in [-0.25, -0.2) is 4.98 Å². The molecule has 1 aliphatic heterocycles. The Morgan fingerprint density at radius 1 is 1.50 bits per heavy atom. The SMILES string of the molecule is CNC(=O)c1cccnc1N1CCCC(C)(C)C1. The summed E-state index contributed by atoms with van der Waals surface area (Å²) in [5, 5.41) is 2.68. The number of hydrogen-bond acceptors (Lipinski definition) is 3. The molecule has 0 aromatic carbocycles. The summed E-state index contributed by atoms with van der Waals surface area (Å²) in [5.74, 6) is 0.742. The molecule has 1 aromatic heterocycles. The van der Waals surface area contributed by atoms with Crippen LogP contribution in [0, 0.1) is 5.41 Å². The Hall–Kier alpha value is -1.58. The van der Waals surface area contributed by atoms with Crippen molar-refractivity contribution in [1.82, 2.24) is 10.3 Å². The Bertz CT molecular complexity index is 442. The van der Waals surface area contributed by atoms with Crippen LogP contribution in [0.5, 0.6) is 0 Å². The monoisotopic (exact) mass is 247 g/mol. The van der Waals surface area contributed by atoms with Crippen molar-refractivity contribution in [2.75, 3.05) is 25.0 Å². The molecule has 0 bridgehead atoms. The molecule has 0 atom stereocenters. The van der Waals surface area contributed by atoms with E-state index < -0.39 is 0 Å². The van der Waals surface area contributed by atoms with Crippen LogP contribution in [0.3, 0.4) is 0 Å². The van der Waals surface area contributed by atoms with Crippen molar-refractivity contribution in [1.29, 1.82) is 0 Å². The van der Waals surface area contributed by atoms with Crippen LogP contribution in [-0.2, 0) is 0 Å². The van der Waals surface area contributed by atoms with Gasteiger partial charge in [-0.05, 0) is 30.4 Å². The number of carbonyl (C=O) groups is 1. The fourth-order valence-corrected chi connectivity index (χ4v) is 2.56. The molecule has 18 heavy (non-hydrogen) atoms. The largest absolute Gasteiger partial charge is 0.355 e. The topological polar surface area (TPSA) is 45.2 Å². The first-order chi connectivity index (χ1) is 8.53. The van der Waals surface area contributed by atoms with E-state index in [1.54, 1.807) is 13.2 Å². The molecule has 1 fully saturated rings. The van der Waals surface area contributed by atoms with E-state index in [1.165, 1.54) is 6.42 Å². The van der Waals surface area contributed by atoms with Crippen molar-refractivity contribution in [3.63, 3.8) is 0 Å². The van der Waals surface area contributed by atoms with E-state index in [-0.39, 0.29) is 11.3 Å². The molecule has 2 rings (SSSR count). The summed E-state index contributed by atoms with van der Waals surface area (Å²) < 4.78 is 0. The molecule has 1 amide bonds. The second-order valence-corrected chi connectivity index (χ2v) is 5.64. The number of carbonyl (C=O) groups excluding carboxylic acids is 1. The summed E-state index contributed by atoms with van der Waals surface area (Å²) >= 11 is 0. The zero-order chi connectivity index (χ0) is 13.2. The summed E-state index contributed by atoms with van der Waals surface area (Å²) in [6.45, 7) is 6.46. The zero-order valence-corrected chi connectivity index (χ0v) is 11.4. The molecule has 2 heterocycles. The second-order valence-electron chi connectivity index (χ2n) is 5.64. The van der Waals surface area contributed by atoms with E-state index >= 15 is 0 Å². The van der Waals surface area contributed by atoms with Gasteiger partial charge in [0.1, 0.15) is 5.82 Å². The van der Waals surface area contributed by atoms with E-state index in [0.29, 0.717) is 5.56 Å². The van der Waals surface area contributed by atoms with Gasteiger partial charge in [0.05, 0.1) is 5.56 Å². The van der Waals surface area contributed by atoms with Gasteiger partial charge in [0.2, 0.25) is 0 Å². The van der Waals surface area contributed by atoms with Crippen LogP contribution in [0.1, 0.15) is 37.0 Å². The van der Waals surface area contributed by atoms with E-state index in [0.717, 1.165) is 25.3 Å². The molecule has 0 unspecified atom stereocenters. The van der Waals surface area contributed by atoms with Crippen molar-refractivity contribution in [3.05, 3.63) is 23.9 Å². The molecule has 0 aliphatic carbocycles. The third-order valence-electron chi connectivity index (χ3n) is 3.46. The van der Waals surface area contributed by atoms with Crippen LogP contribution in [0.4, 0.5) is 5.82 Å². The molecule has 1 aromatic rings. The summed E-state index contributed by atoms with van der Waals surface area (Å²) in [7, 11) is 1.65. The molecule has 1 N–H and O–H groups in total. The normalized spacial score (nSPS) is 18.5. The minimum atomic E-state index is -0.0681. The van der Waals surface area contributed by atoms with Crippen LogP contribution in [0.2, 0.25) is 0 Å². The number of rotatable bonds is 2. The van der Waals surface area contributed by atoms with E-state index in [2.05, 4.69) is 29.0 Å². The van der Waals surface area contributed by atoms with Gasteiger partial charge in [-0.1, -0.05) is 13.8 Å².